The van der Waals surface area contributed by atoms with Gasteiger partial charge in [0.1, 0.15) is 33.5 Å². The zero-order valence-corrected chi connectivity index (χ0v) is 63.0. The molecule has 0 bridgehead atoms. The number of para-hydroxylation sites is 3. The van der Waals surface area contributed by atoms with Gasteiger partial charge < -0.3 is 18.2 Å². The van der Waals surface area contributed by atoms with Gasteiger partial charge in [0, 0.05) is 76.8 Å². The van der Waals surface area contributed by atoms with Crippen molar-refractivity contribution in [3.8, 4) is 89.0 Å². The van der Waals surface area contributed by atoms with Gasteiger partial charge in [0.05, 0.1) is 10.8 Å². The molecule has 2 spiro atoms. The van der Waals surface area contributed by atoms with Crippen LogP contribution in [-0.2, 0) is 27.1 Å². The fourth-order valence-electron chi connectivity index (χ4n) is 23.6. The summed E-state index contributed by atoms with van der Waals surface area (Å²) >= 11 is 0. The number of aryl methyl sites for hydroxylation is 1. The van der Waals surface area contributed by atoms with Crippen molar-refractivity contribution >= 4 is 82.9 Å². The number of nitrogens with zero attached hydrogens (tertiary/aromatic N) is 1. The number of anilines is 3. The number of furan rings is 3. The minimum Gasteiger partial charge on any atom is -0.456 e. The van der Waals surface area contributed by atoms with E-state index in [2.05, 4.69) is 357 Å². The van der Waals surface area contributed by atoms with Crippen molar-refractivity contribution in [2.45, 2.75) is 75.5 Å². The third-order valence-electron chi connectivity index (χ3n) is 28.0. The highest BCUT2D eigenvalue weighted by Crippen LogP contribution is 2.71. The average Bonchev–Trinajstić information content (AvgIpc) is 1.49. The molecule has 0 unspecified atom stereocenters. The molecule has 4 heteroatoms. The van der Waals surface area contributed by atoms with Gasteiger partial charge in [-0.3, -0.25) is 0 Å². The lowest BCUT2D eigenvalue weighted by molar-refractivity contribution is 0.600. The molecule has 4 nitrogen and oxygen atoms in total. The van der Waals surface area contributed by atoms with E-state index in [0.717, 1.165) is 77.8 Å². The number of benzene rings is 16. The van der Waals surface area contributed by atoms with E-state index in [0.29, 0.717) is 0 Å². The molecule has 0 atom stereocenters. The highest BCUT2D eigenvalue weighted by molar-refractivity contribution is 6.23. The third kappa shape index (κ3) is 7.12. The zero-order chi connectivity index (χ0) is 74.1. The molecule has 7 aliphatic rings. The highest BCUT2D eigenvalue weighted by atomic mass is 16.3. The molecule has 3 heterocycles. The molecular formula is C108H71NO3. The minimum absolute atomic E-state index is 0.313. The molecule has 19 aromatic rings. The van der Waals surface area contributed by atoms with Gasteiger partial charge in [-0.25, -0.2) is 0 Å². The molecular weight excluding hydrogens is 1360 g/mol. The van der Waals surface area contributed by atoms with E-state index in [-0.39, 0.29) is 5.41 Å². The van der Waals surface area contributed by atoms with Crippen molar-refractivity contribution < 1.29 is 13.3 Å². The Hall–Kier alpha value is -13.3. The Balaban J connectivity index is 0.751. The van der Waals surface area contributed by atoms with E-state index in [4.69, 9.17) is 13.3 Å². The first kappa shape index (κ1) is 61.6. The summed E-state index contributed by atoms with van der Waals surface area (Å²) in [6.07, 6.45) is 0. The van der Waals surface area contributed by atoms with Crippen LogP contribution in [0.15, 0.2) is 317 Å². The molecule has 16 aromatic carbocycles. The second-order valence-corrected chi connectivity index (χ2v) is 34.4. The zero-order valence-electron chi connectivity index (χ0n) is 63.0. The number of hydrogen-bond donors (Lipinski definition) is 0. The molecule has 26 rings (SSSR count). The first-order chi connectivity index (χ1) is 54.7. The van der Waals surface area contributed by atoms with Crippen molar-refractivity contribution in [3.63, 3.8) is 0 Å². The SMILES string of the molecule is Cc1cccc(-c2cc3c(c4c2oc2ccccc24)-c2ccc(N(c4ccc5c(c4)C(C)(C)c4c6c(c7oc8ccccc8c7c4-5)-c4ccccc4C6(C)C)c4ccc5c(c4)C4(c6ccccc6-c6ccccc64)c4cc6c(cc4-5)C4(c5ccccc5-c5ccccc54)c4ccc5oc7ccccc7c5c4-6)cc2C3(C)C)c1. The lowest BCUT2D eigenvalue weighted by atomic mass is 9.68. The molecule has 0 amide bonds. The van der Waals surface area contributed by atoms with Crippen LogP contribution in [0.25, 0.3) is 155 Å². The van der Waals surface area contributed by atoms with Crippen LogP contribution in [0.4, 0.5) is 17.1 Å². The summed E-state index contributed by atoms with van der Waals surface area (Å²) in [5.41, 5.74) is 45.6. The van der Waals surface area contributed by atoms with Gasteiger partial charge in [0.25, 0.3) is 0 Å². The largest absolute Gasteiger partial charge is 0.456 e. The second kappa shape index (κ2) is 20.6. The Morgan fingerprint density at radius 1 is 0.232 bits per heavy atom. The molecule has 0 aliphatic heterocycles. The maximum absolute atomic E-state index is 7.23. The Labute approximate surface area is 648 Å². The predicted octanol–water partition coefficient (Wildman–Crippen LogP) is 28.4. The topological polar surface area (TPSA) is 42.7 Å². The Kier molecular flexibility index (Phi) is 11.3. The van der Waals surface area contributed by atoms with E-state index >= 15 is 0 Å². The van der Waals surface area contributed by atoms with E-state index in [9.17, 15) is 0 Å². The smallest absolute Gasteiger partial charge is 0.144 e. The summed E-state index contributed by atoms with van der Waals surface area (Å²) in [7, 11) is 0. The number of fused-ring (bicyclic) bond motifs is 43. The van der Waals surface area contributed by atoms with Gasteiger partial charge in [-0.15, -0.1) is 0 Å². The van der Waals surface area contributed by atoms with Crippen molar-refractivity contribution in [2.24, 2.45) is 0 Å². The maximum atomic E-state index is 7.23. The van der Waals surface area contributed by atoms with Gasteiger partial charge >= 0.3 is 0 Å². The van der Waals surface area contributed by atoms with Crippen LogP contribution in [0, 0.1) is 6.92 Å². The number of rotatable bonds is 4. The number of hydrogen-bond acceptors (Lipinski definition) is 4. The normalized spacial score (nSPS) is 15.8. The van der Waals surface area contributed by atoms with Gasteiger partial charge in [-0.2, -0.15) is 0 Å². The standard InChI is InChI=1S/C108H71NO3/c1-58-25-24-26-59(51-58)74-55-88-93(97-72-33-14-22-41-90(72)111-102(74)97)69-47-44-60(52-83(69)104(88,2)3)109(61-45-48-70-84(53-61)106(6,7)100-96(70)98-73-34-15-23-42-91(73)112-103(98)99-68-31-12-16-35-77(68)105(4,5)101(99)100)62-43-46-67-75-56-87-76(57-86(75)108(85(67)54-62)80-38-19-10-29-65(80)66-30-11-20-39-81(66)108)94-82(49-50-92-95(94)71-32-13-21-40-89(71)110-92)107(87)78-36-17-8-27-63(78)64-28-9-18-37-79(64)107/h8-57H,1-7H3. The maximum Gasteiger partial charge on any atom is 0.144 e. The minimum atomic E-state index is -0.747. The molecule has 3 aromatic heterocycles. The van der Waals surface area contributed by atoms with Gasteiger partial charge in [-0.05, 0) is 242 Å². The monoisotopic (exact) mass is 1430 g/mol. The summed E-state index contributed by atoms with van der Waals surface area (Å²) < 4.78 is 21.2. The molecule has 0 saturated carbocycles. The Morgan fingerprint density at radius 3 is 1.25 bits per heavy atom. The summed E-state index contributed by atoms with van der Waals surface area (Å²) in [5, 5.41) is 6.94. The Morgan fingerprint density at radius 2 is 0.643 bits per heavy atom. The van der Waals surface area contributed by atoms with Crippen LogP contribution in [0.2, 0.25) is 0 Å². The van der Waals surface area contributed by atoms with Crippen LogP contribution in [0.1, 0.15) is 125 Å². The fourth-order valence-corrected chi connectivity index (χ4v) is 23.6. The van der Waals surface area contributed by atoms with Gasteiger partial charge in [0.2, 0.25) is 0 Å². The highest BCUT2D eigenvalue weighted by Gasteiger charge is 2.58. The quantitative estimate of drug-likeness (QED) is 0.176. The summed E-state index contributed by atoms with van der Waals surface area (Å²) in [6, 6.07) is 116. The average molecular weight is 1430 g/mol. The molecule has 0 fully saturated rings. The van der Waals surface area contributed by atoms with Gasteiger partial charge in [-0.1, -0.05) is 272 Å². The molecule has 7 aliphatic carbocycles. The fraction of sp³-hybridized carbons (Fsp3) is 0.111. The molecule has 0 radical (unpaired) electrons. The third-order valence-corrected chi connectivity index (χ3v) is 28.0. The van der Waals surface area contributed by atoms with E-state index in [1.807, 2.05) is 0 Å². The molecule has 0 saturated heterocycles. The van der Waals surface area contributed by atoms with Crippen LogP contribution < -0.4 is 4.90 Å². The summed E-state index contributed by atoms with van der Waals surface area (Å²) in [5.74, 6) is 0. The van der Waals surface area contributed by atoms with E-state index < -0.39 is 21.7 Å². The predicted molar refractivity (Wildman–Crippen MR) is 458 cm³/mol. The molecule has 526 valence electrons. The van der Waals surface area contributed by atoms with E-state index in [1.54, 1.807) is 0 Å². The lowest BCUT2D eigenvalue weighted by Crippen LogP contribution is -2.27. The Bertz CT molecular complexity index is 7550. The summed E-state index contributed by atoms with van der Waals surface area (Å²) in [6.45, 7) is 16.9. The van der Waals surface area contributed by atoms with Crippen LogP contribution >= 0.6 is 0 Å². The van der Waals surface area contributed by atoms with Crippen LogP contribution in [-0.4, -0.2) is 0 Å². The van der Waals surface area contributed by atoms with E-state index in [1.165, 1.54) is 177 Å². The van der Waals surface area contributed by atoms with Crippen LogP contribution in [0.5, 0.6) is 0 Å². The first-order valence-electron chi connectivity index (χ1n) is 39.7. The second-order valence-electron chi connectivity index (χ2n) is 34.4. The first-order valence-corrected chi connectivity index (χ1v) is 39.7. The lowest BCUT2D eigenvalue weighted by Gasteiger charge is -2.33. The summed E-state index contributed by atoms with van der Waals surface area (Å²) in [4.78, 5) is 2.62. The van der Waals surface area contributed by atoms with Crippen LogP contribution in [0.3, 0.4) is 0 Å². The van der Waals surface area contributed by atoms with Gasteiger partial charge in [0.15, 0.2) is 0 Å². The molecule has 112 heavy (non-hydrogen) atoms. The van der Waals surface area contributed by atoms with Crippen molar-refractivity contribution in [1.29, 1.82) is 0 Å². The van der Waals surface area contributed by atoms with Crippen molar-refractivity contribution in [1.82, 2.24) is 0 Å². The molecule has 0 N–H and O–H groups in total. The van der Waals surface area contributed by atoms with Crippen molar-refractivity contribution in [2.75, 3.05) is 4.90 Å². The van der Waals surface area contributed by atoms with Crippen molar-refractivity contribution in [3.05, 3.63) is 387 Å².